The first-order chi connectivity index (χ1) is 36.8. The summed E-state index contributed by atoms with van der Waals surface area (Å²) in [6.07, 6.45) is 2.14. The molecule has 4 N–H and O–H groups in total. The number of amides is 4. The van der Waals surface area contributed by atoms with Crippen LogP contribution in [-0.2, 0) is 28.7 Å². The Balaban J connectivity index is 0.739. The largest absolute Gasteiger partial charge is 0.494 e. The predicted octanol–water partition coefficient (Wildman–Crippen LogP) is 9.31. The normalized spacial score (nSPS) is 17.4. The van der Waals surface area contributed by atoms with Gasteiger partial charge in [-0.15, -0.1) is 32.9 Å². The van der Waals surface area contributed by atoms with Gasteiger partial charge < -0.3 is 40.2 Å². The number of halogens is 1. The second kappa shape index (κ2) is 25.0. The fourth-order valence-corrected chi connectivity index (χ4v) is 11.9. The van der Waals surface area contributed by atoms with Crippen LogP contribution in [0.15, 0.2) is 84.4 Å². The lowest BCUT2D eigenvalue weighted by molar-refractivity contribution is -0.144. The summed E-state index contributed by atoms with van der Waals surface area (Å²) in [5.74, 6) is 0.425. The molecule has 0 bridgehead atoms. The minimum absolute atomic E-state index is 0.0269. The monoisotopic (exact) mass is 1100 g/mol. The molecule has 3 aromatic heterocycles. The van der Waals surface area contributed by atoms with E-state index < -0.39 is 35.4 Å². The van der Waals surface area contributed by atoms with Crippen molar-refractivity contribution in [2.24, 2.45) is 5.41 Å². The van der Waals surface area contributed by atoms with Crippen LogP contribution in [0.25, 0.3) is 21.0 Å². The molecule has 0 saturated carbocycles. The van der Waals surface area contributed by atoms with Gasteiger partial charge in [0.1, 0.15) is 41.1 Å². The number of thiophene rings is 1. The summed E-state index contributed by atoms with van der Waals surface area (Å²) in [5.41, 5.74) is 9.29. The van der Waals surface area contributed by atoms with Crippen molar-refractivity contribution in [3.8, 4) is 21.2 Å². The Labute approximate surface area is 463 Å². The van der Waals surface area contributed by atoms with Crippen molar-refractivity contribution in [3.63, 3.8) is 0 Å². The molecule has 1 fully saturated rings. The van der Waals surface area contributed by atoms with E-state index in [1.54, 1.807) is 22.7 Å². The maximum Gasteiger partial charge on any atom is 0.246 e. The Kier molecular flexibility index (Phi) is 18.5. The average molecular weight is 1110 g/mol. The quantitative estimate of drug-likeness (QED) is 0.0501. The number of benzene rings is 3. The molecule has 2 aliphatic rings. The zero-order valence-electron chi connectivity index (χ0n) is 45.1. The predicted molar refractivity (Wildman–Crippen MR) is 300 cm³/mol. The molecule has 1 saturated heterocycles. The lowest BCUT2D eigenvalue weighted by Crippen LogP contribution is -2.58. The molecule has 0 aliphatic carbocycles. The molecule has 408 valence electrons. The minimum atomic E-state index is -0.980. The number of carbonyl (C=O) groups excluding carboxylic acids is 4. The molecular weight excluding hydrogens is 1040 g/mol. The summed E-state index contributed by atoms with van der Waals surface area (Å²) in [6.45, 7) is 18.4. The van der Waals surface area contributed by atoms with E-state index in [-0.39, 0.29) is 69.0 Å². The van der Waals surface area contributed by atoms with Gasteiger partial charge in [-0.1, -0.05) is 87.0 Å². The molecule has 6 aromatic rings. The molecule has 8 rings (SSSR count). The standard InChI is InChI=1S/C58H69ClN8O8S2/c1-33-37(5)77-57-51(33)47(41-15-19-44(59)20-16-41)27-43(54-65-64-38(6)67(54)57)28-49(69)61-34(2)40-17-21-46(22-18-40)75-24-10-23-73-25-26-74-31-50(70)63-53(58(7,8)9)56(72)66-30-45(68)29-48(66)55(71)62-35(3)39-11-13-42(14-12-39)52-36(4)60-32-76-52/h11-22,27,32,34-35,43,45,48,53,68H,10,23-26,28-31H2,1-9H3,(H,61,69)(H,62,71)(H,63,70)/t34-,35-,43?,45?,48-,53+/m0/s1. The number of likely N-dealkylation sites (tertiary alicyclic amines) is 1. The highest BCUT2D eigenvalue weighted by Gasteiger charge is 2.45. The number of β-amino-alcohol motifs (C(OH)–C–C–N with tert-alkyl or cyclic N) is 1. The van der Waals surface area contributed by atoms with E-state index in [9.17, 15) is 24.3 Å². The molecule has 6 atom stereocenters. The van der Waals surface area contributed by atoms with E-state index in [0.717, 1.165) is 60.6 Å². The Hall–Kier alpha value is -6.28. The molecule has 2 unspecified atom stereocenters. The molecular formula is C58H69ClN8O8S2. The van der Waals surface area contributed by atoms with Crippen LogP contribution >= 0.6 is 34.3 Å². The third-order valence-electron chi connectivity index (χ3n) is 14.1. The maximum absolute atomic E-state index is 14.1. The second-order valence-electron chi connectivity index (χ2n) is 20.9. The number of hydrogen-bond acceptors (Lipinski definition) is 13. The van der Waals surface area contributed by atoms with Gasteiger partial charge in [0.15, 0.2) is 0 Å². The molecule has 19 heteroatoms. The number of rotatable bonds is 21. The van der Waals surface area contributed by atoms with Crippen LogP contribution in [-0.4, -0.2) is 111 Å². The molecule has 77 heavy (non-hydrogen) atoms. The van der Waals surface area contributed by atoms with Crippen LogP contribution in [0.4, 0.5) is 0 Å². The fraction of sp³-hybridized carbons (Fsp3) is 0.431. The Bertz CT molecular complexity index is 3070. The summed E-state index contributed by atoms with van der Waals surface area (Å²) in [7, 11) is 0. The van der Waals surface area contributed by atoms with Gasteiger partial charge in [-0.25, -0.2) is 4.98 Å². The van der Waals surface area contributed by atoms with Crippen LogP contribution in [0, 0.1) is 33.1 Å². The summed E-state index contributed by atoms with van der Waals surface area (Å²) in [4.78, 5) is 62.7. The highest BCUT2D eigenvalue weighted by atomic mass is 35.5. The number of nitrogens with zero attached hydrogens (tertiary/aromatic N) is 5. The van der Waals surface area contributed by atoms with E-state index >= 15 is 0 Å². The highest BCUT2D eigenvalue weighted by Crippen LogP contribution is 2.44. The number of carbonyl (C=O) groups is 4. The average Bonchev–Trinajstić information content (AvgIpc) is 4.21. The number of thiazole rings is 1. The van der Waals surface area contributed by atoms with Crippen LogP contribution in [0.2, 0.25) is 5.02 Å². The van der Waals surface area contributed by atoms with E-state index in [1.165, 1.54) is 15.3 Å². The summed E-state index contributed by atoms with van der Waals surface area (Å²) in [6, 6.07) is 20.9. The van der Waals surface area contributed by atoms with E-state index in [0.29, 0.717) is 30.4 Å². The maximum atomic E-state index is 14.1. The van der Waals surface area contributed by atoms with Gasteiger partial charge in [-0.3, -0.25) is 23.7 Å². The topological polar surface area (TPSA) is 199 Å². The second-order valence-corrected chi connectivity index (χ2v) is 23.4. The SMILES string of the molecule is Cc1ncsc1-c1ccc([C@H](C)NC(=O)[C@@H]2CC(O)CN2C(=O)[C@@H](NC(=O)COCCOCCCOc2ccc([C@H](C)NC(=O)CC3C=C(c4ccc(Cl)cc4)c4c(sc(C)c4C)-n4c(C)nnc43)cc2)C(C)(C)C)cc1. The number of fused-ring (bicyclic) bond motifs is 3. The fourth-order valence-electron chi connectivity index (χ4n) is 9.72. The highest BCUT2D eigenvalue weighted by molar-refractivity contribution is 7.15. The van der Waals surface area contributed by atoms with Gasteiger partial charge in [0, 0.05) is 53.8 Å². The van der Waals surface area contributed by atoms with Crippen molar-refractivity contribution in [1.82, 2.24) is 40.6 Å². The molecule has 16 nitrogen and oxygen atoms in total. The lowest BCUT2D eigenvalue weighted by atomic mass is 9.85. The number of aryl methyl sites for hydroxylation is 3. The Morgan fingerprint density at radius 2 is 1.48 bits per heavy atom. The van der Waals surface area contributed by atoms with Crippen molar-refractivity contribution >= 4 is 63.5 Å². The van der Waals surface area contributed by atoms with E-state index in [1.807, 2.05) is 127 Å². The van der Waals surface area contributed by atoms with Crippen LogP contribution < -0.4 is 20.7 Å². The van der Waals surface area contributed by atoms with Gasteiger partial charge in [0.05, 0.1) is 54.1 Å². The number of ether oxygens (including phenoxy) is 3. The Morgan fingerprint density at radius 3 is 2.16 bits per heavy atom. The zero-order valence-corrected chi connectivity index (χ0v) is 47.5. The van der Waals surface area contributed by atoms with Crippen LogP contribution in [0.1, 0.15) is 122 Å². The van der Waals surface area contributed by atoms with Gasteiger partial charge in [-0.2, -0.15) is 0 Å². The molecule has 5 heterocycles. The molecule has 0 radical (unpaired) electrons. The molecule has 4 amide bonds. The number of aliphatic hydroxyl groups excluding tert-OH is 1. The third-order valence-corrected chi connectivity index (χ3v) is 16.5. The van der Waals surface area contributed by atoms with Gasteiger partial charge in [-0.05, 0) is 105 Å². The van der Waals surface area contributed by atoms with Crippen LogP contribution in [0.5, 0.6) is 5.75 Å². The van der Waals surface area contributed by atoms with Crippen molar-refractivity contribution in [2.45, 2.75) is 118 Å². The summed E-state index contributed by atoms with van der Waals surface area (Å²) in [5, 5.41) is 30.4. The van der Waals surface area contributed by atoms with Crippen molar-refractivity contribution in [3.05, 3.63) is 139 Å². The van der Waals surface area contributed by atoms with Crippen molar-refractivity contribution < 1.29 is 38.5 Å². The smallest absolute Gasteiger partial charge is 0.246 e. The van der Waals surface area contributed by atoms with Gasteiger partial charge in [0.25, 0.3) is 0 Å². The third kappa shape index (κ3) is 13.7. The number of aliphatic hydroxyl groups is 1. The zero-order chi connectivity index (χ0) is 55.1. The molecule has 3 aromatic carbocycles. The molecule has 2 aliphatic heterocycles. The minimum Gasteiger partial charge on any atom is -0.494 e. The number of hydrogen-bond donors (Lipinski definition) is 4. The van der Waals surface area contributed by atoms with Gasteiger partial charge in [0.2, 0.25) is 23.6 Å². The van der Waals surface area contributed by atoms with Gasteiger partial charge >= 0.3 is 0 Å². The Morgan fingerprint density at radius 1 is 0.818 bits per heavy atom. The van der Waals surface area contributed by atoms with E-state index in [2.05, 4.69) is 55.6 Å². The van der Waals surface area contributed by atoms with Crippen LogP contribution in [0.3, 0.4) is 0 Å². The summed E-state index contributed by atoms with van der Waals surface area (Å²) >= 11 is 9.57. The number of nitrogens with one attached hydrogen (secondary N) is 3. The van der Waals surface area contributed by atoms with E-state index in [4.69, 9.17) is 25.8 Å². The number of aromatic nitrogens is 4. The first-order valence-electron chi connectivity index (χ1n) is 26.0. The van der Waals surface area contributed by atoms with Crippen molar-refractivity contribution in [1.29, 1.82) is 0 Å². The lowest BCUT2D eigenvalue weighted by Gasteiger charge is -2.35. The number of allylic oxidation sites excluding steroid dienone is 1. The first-order valence-corrected chi connectivity index (χ1v) is 28.1. The summed E-state index contributed by atoms with van der Waals surface area (Å²) < 4.78 is 19.4. The molecule has 0 spiro atoms. The first kappa shape index (κ1) is 56.9. The van der Waals surface area contributed by atoms with Crippen molar-refractivity contribution in [2.75, 3.05) is 39.6 Å².